The summed E-state index contributed by atoms with van der Waals surface area (Å²) < 4.78 is 5.30. The molecule has 0 aliphatic carbocycles. The minimum Gasteiger partial charge on any atom is -0.381 e. The van der Waals surface area contributed by atoms with Gasteiger partial charge < -0.3 is 15.4 Å². The Hall–Kier alpha value is -0.610. The van der Waals surface area contributed by atoms with Crippen molar-refractivity contribution >= 4 is 5.91 Å². The minimum atomic E-state index is -0.371. The summed E-state index contributed by atoms with van der Waals surface area (Å²) in [6.07, 6.45) is 2.10. The van der Waals surface area contributed by atoms with E-state index in [4.69, 9.17) is 10.5 Å². The van der Waals surface area contributed by atoms with Crippen LogP contribution in [-0.4, -0.2) is 43.7 Å². The summed E-state index contributed by atoms with van der Waals surface area (Å²) in [6.45, 7) is 6.41. The van der Waals surface area contributed by atoms with E-state index in [9.17, 15) is 4.79 Å². The first kappa shape index (κ1) is 13.5. The first-order valence-electron chi connectivity index (χ1n) is 6.10. The van der Waals surface area contributed by atoms with Gasteiger partial charge >= 0.3 is 0 Å². The molecule has 0 bridgehead atoms. The third-order valence-corrected chi connectivity index (χ3v) is 3.25. The summed E-state index contributed by atoms with van der Waals surface area (Å²) in [5.74, 6) is 0.827. The molecule has 1 aliphatic rings. The van der Waals surface area contributed by atoms with Gasteiger partial charge in [-0.25, -0.2) is 0 Å². The van der Waals surface area contributed by atoms with Gasteiger partial charge in [0.1, 0.15) is 0 Å². The van der Waals surface area contributed by atoms with Crippen LogP contribution in [0.4, 0.5) is 0 Å². The fourth-order valence-electron chi connectivity index (χ4n) is 1.95. The average Bonchev–Trinajstić information content (AvgIpc) is 2.28. The normalized spacial score (nSPS) is 19.8. The van der Waals surface area contributed by atoms with Crippen molar-refractivity contribution in [1.29, 1.82) is 0 Å². The van der Waals surface area contributed by atoms with Crippen LogP contribution in [0.3, 0.4) is 0 Å². The van der Waals surface area contributed by atoms with Crippen LogP contribution in [0, 0.1) is 11.8 Å². The molecule has 4 heteroatoms. The van der Waals surface area contributed by atoms with E-state index in [0.717, 1.165) is 32.6 Å². The zero-order chi connectivity index (χ0) is 12.1. The number of nitrogens with zero attached hydrogens (tertiary/aromatic N) is 1. The van der Waals surface area contributed by atoms with Crippen molar-refractivity contribution in [2.24, 2.45) is 17.6 Å². The number of hydrogen-bond acceptors (Lipinski definition) is 3. The Balaban J connectivity index is 2.38. The van der Waals surface area contributed by atoms with Crippen molar-refractivity contribution in [3.8, 4) is 0 Å². The van der Waals surface area contributed by atoms with Crippen molar-refractivity contribution in [1.82, 2.24) is 4.90 Å². The fourth-order valence-corrected chi connectivity index (χ4v) is 1.95. The van der Waals surface area contributed by atoms with Gasteiger partial charge in [-0.15, -0.1) is 0 Å². The van der Waals surface area contributed by atoms with Gasteiger partial charge in [0, 0.05) is 26.8 Å². The summed E-state index contributed by atoms with van der Waals surface area (Å²) in [5, 5.41) is 0. The number of carbonyl (C=O) groups excluding carboxylic acids is 1. The van der Waals surface area contributed by atoms with Crippen LogP contribution >= 0.6 is 0 Å². The lowest BCUT2D eigenvalue weighted by Crippen LogP contribution is -2.46. The zero-order valence-electron chi connectivity index (χ0n) is 10.6. The molecule has 0 aromatic heterocycles. The highest BCUT2D eigenvalue weighted by atomic mass is 16.5. The average molecular weight is 228 g/mol. The Morgan fingerprint density at radius 1 is 1.44 bits per heavy atom. The largest absolute Gasteiger partial charge is 0.381 e. The van der Waals surface area contributed by atoms with Gasteiger partial charge in [-0.3, -0.25) is 4.79 Å². The molecular weight excluding hydrogens is 204 g/mol. The molecule has 94 valence electrons. The van der Waals surface area contributed by atoms with E-state index in [2.05, 4.69) is 0 Å². The van der Waals surface area contributed by atoms with E-state index >= 15 is 0 Å². The molecule has 0 unspecified atom stereocenters. The third kappa shape index (κ3) is 3.76. The van der Waals surface area contributed by atoms with Gasteiger partial charge in [0.25, 0.3) is 0 Å². The van der Waals surface area contributed by atoms with E-state index < -0.39 is 0 Å². The van der Waals surface area contributed by atoms with E-state index in [1.807, 2.05) is 20.9 Å². The van der Waals surface area contributed by atoms with Crippen LogP contribution in [0.1, 0.15) is 26.7 Å². The second-order valence-corrected chi connectivity index (χ2v) is 5.04. The Morgan fingerprint density at radius 3 is 2.50 bits per heavy atom. The SMILES string of the molecule is CC(C)[C@@H](N)C(=O)N(C)CC1CCOCC1. The summed E-state index contributed by atoms with van der Waals surface area (Å²) in [6, 6.07) is -0.371. The quantitative estimate of drug-likeness (QED) is 0.776. The zero-order valence-corrected chi connectivity index (χ0v) is 10.6. The highest BCUT2D eigenvalue weighted by molar-refractivity contribution is 5.81. The molecule has 1 fully saturated rings. The van der Waals surface area contributed by atoms with E-state index in [0.29, 0.717) is 5.92 Å². The van der Waals surface area contributed by atoms with E-state index in [1.165, 1.54) is 0 Å². The van der Waals surface area contributed by atoms with Crippen LogP contribution in [0.2, 0.25) is 0 Å². The fraction of sp³-hybridized carbons (Fsp3) is 0.917. The smallest absolute Gasteiger partial charge is 0.239 e. The Kier molecular flexibility index (Phi) is 5.22. The molecule has 16 heavy (non-hydrogen) atoms. The molecule has 0 aromatic carbocycles. The highest BCUT2D eigenvalue weighted by Gasteiger charge is 2.24. The van der Waals surface area contributed by atoms with Gasteiger partial charge in [-0.2, -0.15) is 0 Å². The molecule has 1 saturated heterocycles. The topological polar surface area (TPSA) is 55.6 Å². The molecule has 0 radical (unpaired) electrons. The van der Waals surface area contributed by atoms with Crippen LogP contribution in [0.25, 0.3) is 0 Å². The number of rotatable bonds is 4. The lowest BCUT2D eigenvalue weighted by molar-refractivity contribution is -0.133. The standard InChI is InChI=1S/C12H24N2O2/c1-9(2)11(13)12(15)14(3)8-10-4-6-16-7-5-10/h9-11H,4-8,13H2,1-3H3/t11-/m1/s1. The van der Waals surface area contributed by atoms with Gasteiger partial charge in [-0.1, -0.05) is 13.8 Å². The van der Waals surface area contributed by atoms with Gasteiger partial charge in [0.2, 0.25) is 5.91 Å². The maximum Gasteiger partial charge on any atom is 0.239 e. The summed E-state index contributed by atoms with van der Waals surface area (Å²) in [7, 11) is 1.85. The highest BCUT2D eigenvalue weighted by Crippen LogP contribution is 2.16. The van der Waals surface area contributed by atoms with Crippen molar-refractivity contribution < 1.29 is 9.53 Å². The number of ether oxygens (including phenoxy) is 1. The molecule has 0 spiro atoms. The van der Waals surface area contributed by atoms with Gasteiger partial charge in [-0.05, 0) is 24.7 Å². The van der Waals surface area contributed by atoms with E-state index in [1.54, 1.807) is 4.90 Å². The monoisotopic (exact) mass is 228 g/mol. The molecule has 0 saturated carbocycles. The van der Waals surface area contributed by atoms with Crippen molar-refractivity contribution in [2.75, 3.05) is 26.8 Å². The number of carbonyl (C=O) groups is 1. The number of likely N-dealkylation sites (N-methyl/N-ethyl adjacent to an activating group) is 1. The predicted octanol–water partition coefficient (Wildman–Crippen LogP) is 0.855. The lowest BCUT2D eigenvalue weighted by Gasteiger charge is -2.29. The van der Waals surface area contributed by atoms with Gasteiger partial charge in [0.05, 0.1) is 6.04 Å². The van der Waals surface area contributed by atoms with Crippen LogP contribution in [0.5, 0.6) is 0 Å². The van der Waals surface area contributed by atoms with Crippen LogP contribution in [-0.2, 0) is 9.53 Å². The molecule has 1 aliphatic heterocycles. The predicted molar refractivity (Wildman–Crippen MR) is 64.0 cm³/mol. The molecule has 1 amide bonds. The summed E-state index contributed by atoms with van der Waals surface area (Å²) >= 11 is 0. The Bertz CT molecular complexity index is 225. The molecular formula is C12H24N2O2. The molecule has 1 rings (SSSR count). The first-order valence-corrected chi connectivity index (χ1v) is 6.10. The van der Waals surface area contributed by atoms with Crippen LogP contribution in [0.15, 0.2) is 0 Å². The molecule has 1 heterocycles. The second kappa shape index (κ2) is 6.21. The molecule has 0 aromatic rings. The lowest BCUT2D eigenvalue weighted by atomic mass is 9.98. The Labute approximate surface area is 98.1 Å². The van der Waals surface area contributed by atoms with E-state index in [-0.39, 0.29) is 17.9 Å². The number of hydrogen-bond donors (Lipinski definition) is 1. The summed E-state index contributed by atoms with van der Waals surface area (Å²) in [4.78, 5) is 13.7. The number of nitrogens with two attached hydrogens (primary N) is 1. The van der Waals surface area contributed by atoms with Crippen molar-refractivity contribution in [3.05, 3.63) is 0 Å². The number of amides is 1. The minimum absolute atomic E-state index is 0.0569. The molecule has 2 N–H and O–H groups in total. The maximum absolute atomic E-state index is 11.9. The molecule has 4 nitrogen and oxygen atoms in total. The molecule has 1 atom stereocenters. The van der Waals surface area contributed by atoms with Gasteiger partial charge in [0.15, 0.2) is 0 Å². The second-order valence-electron chi connectivity index (χ2n) is 5.04. The van der Waals surface area contributed by atoms with Crippen molar-refractivity contribution in [3.63, 3.8) is 0 Å². The summed E-state index contributed by atoms with van der Waals surface area (Å²) in [5.41, 5.74) is 5.85. The maximum atomic E-state index is 11.9. The Morgan fingerprint density at radius 2 is 2.00 bits per heavy atom. The van der Waals surface area contributed by atoms with Crippen LogP contribution < -0.4 is 5.73 Å². The third-order valence-electron chi connectivity index (χ3n) is 3.25. The van der Waals surface area contributed by atoms with Crippen molar-refractivity contribution in [2.45, 2.75) is 32.7 Å². The first-order chi connectivity index (χ1) is 7.52.